The van der Waals surface area contributed by atoms with E-state index < -0.39 is 11.5 Å². The summed E-state index contributed by atoms with van der Waals surface area (Å²) in [5.41, 5.74) is -0.537. The first kappa shape index (κ1) is 12.5. The number of hydrogen-bond donors (Lipinski definition) is 2. The van der Waals surface area contributed by atoms with E-state index in [0.717, 1.165) is 0 Å². The van der Waals surface area contributed by atoms with Crippen LogP contribution in [-0.2, 0) is 0 Å². The third-order valence-corrected chi connectivity index (χ3v) is 2.33. The second-order valence-corrected chi connectivity index (χ2v) is 3.94. The van der Waals surface area contributed by atoms with E-state index in [1.807, 2.05) is 0 Å². The Bertz CT molecular complexity index is 636. The van der Waals surface area contributed by atoms with Gasteiger partial charge in [-0.15, -0.1) is 0 Å². The van der Waals surface area contributed by atoms with Gasteiger partial charge < -0.3 is 10.3 Å². The molecule has 6 nitrogen and oxygen atoms in total. The van der Waals surface area contributed by atoms with Gasteiger partial charge in [0.1, 0.15) is 16.5 Å². The fourth-order valence-corrected chi connectivity index (χ4v) is 1.65. The van der Waals surface area contributed by atoms with Gasteiger partial charge in [0.2, 0.25) is 5.28 Å². The molecule has 0 aliphatic heterocycles. The Hall–Kier alpha value is -1.92. The highest BCUT2D eigenvalue weighted by molar-refractivity contribution is 6.32. The van der Waals surface area contributed by atoms with E-state index in [1.54, 1.807) is 0 Å². The summed E-state index contributed by atoms with van der Waals surface area (Å²) in [4.78, 5) is 32.9. The van der Waals surface area contributed by atoms with Crippen molar-refractivity contribution in [1.82, 2.24) is 15.0 Å². The summed E-state index contributed by atoms with van der Waals surface area (Å²) in [6, 6.07) is 4.25. The van der Waals surface area contributed by atoms with Crippen molar-refractivity contribution in [2.45, 2.75) is 0 Å². The van der Waals surface area contributed by atoms with Crippen LogP contribution in [0.15, 0.2) is 29.2 Å². The SMILES string of the molecule is O=C(Nc1cc(Cl)nc(Cl)n1)c1ccc[nH]c1=O. The number of carbonyl (C=O) groups is 1. The molecule has 2 N–H and O–H groups in total. The molecule has 0 unspecified atom stereocenters. The number of aromatic amines is 1. The Morgan fingerprint density at radius 1 is 1.33 bits per heavy atom. The molecule has 0 aliphatic rings. The lowest BCUT2D eigenvalue weighted by Gasteiger charge is -2.04. The van der Waals surface area contributed by atoms with E-state index in [1.165, 1.54) is 24.4 Å². The molecule has 0 fully saturated rings. The number of halogens is 2. The van der Waals surface area contributed by atoms with Crippen molar-refractivity contribution in [3.63, 3.8) is 0 Å². The number of aromatic nitrogens is 3. The van der Waals surface area contributed by atoms with Crippen LogP contribution in [0.4, 0.5) is 5.82 Å². The fourth-order valence-electron chi connectivity index (χ4n) is 1.24. The number of rotatable bonds is 2. The van der Waals surface area contributed by atoms with Gasteiger partial charge in [0, 0.05) is 12.3 Å². The van der Waals surface area contributed by atoms with Crippen molar-refractivity contribution in [3.05, 3.63) is 50.7 Å². The Balaban J connectivity index is 2.27. The summed E-state index contributed by atoms with van der Waals surface area (Å²) in [6.45, 7) is 0. The van der Waals surface area contributed by atoms with Gasteiger partial charge in [0.05, 0.1) is 0 Å². The molecule has 1 amide bonds. The van der Waals surface area contributed by atoms with Gasteiger partial charge in [-0.25, -0.2) is 9.97 Å². The maximum atomic E-state index is 11.8. The second kappa shape index (κ2) is 5.16. The number of carbonyl (C=O) groups excluding carboxylic acids is 1. The molecule has 2 heterocycles. The van der Waals surface area contributed by atoms with Crippen LogP contribution >= 0.6 is 23.2 Å². The van der Waals surface area contributed by atoms with Gasteiger partial charge in [-0.3, -0.25) is 9.59 Å². The molecular formula is C10H6Cl2N4O2. The Kier molecular flexibility index (Phi) is 3.59. The minimum Gasteiger partial charge on any atom is -0.328 e. The molecule has 8 heteroatoms. The molecule has 0 spiro atoms. The highest BCUT2D eigenvalue weighted by Crippen LogP contribution is 2.14. The third-order valence-electron chi connectivity index (χ3n) is 1.97. The highest BCUT2D eigenvalue weighted by atomic mass is 35.5. The van der Waals surface area contributed by atoms with Gasteiger partial charge in [-0.1, -0.05) is 11.6 Å². The number of hydrogen-bond acceptors (Lipinski definition) is 4. The normalized spacial score (nSPS) is 10.1. The van der Waals surface area contributed by atoms with Crippen molar-refractivity contribution in [2.24, 2.45) is 0 Å². The van der Waals surface area contributed by atoms with Crippen molar-refractivity contribution in [2.75, 3.05) is 5.32 Å². The number of nitrogens with zero attached hydrogens (tertiary/aromatic N) is 2. The average Bonchev–Trinajstić information content (AvgIpc) is 2.27. The van der Waals surface area contributed by atoms with Crippen LogP contribution in [0.3, 0.4) is 0 Å². The summed E-state index contributed by atoms with van der Waals surface area (Å²) in [5, 5.41) is 2.39. The smallest absolute Gasteiger partial charge is 0.262 e. The molecule has 2 rings (SSSR count). The molecule has 2 aromatic heterocycles. The highest BCUT2D eigenvalue weighted by Gasteiger charge is 2.11. The summed E-state index contributed by atoms with van der Waals surface area (Å²) < 4.78 is 0. The number of anilines is 1. The van der Waals surface area contributed by atoms with Crippen molar-refractivity contribution in [1.29, 1.82) is 0 Å². The monoisotopic (exact) mass is 284 g/mol. The van der Waals surface area contributed by atoms with E-state index in [0.29, 0.717) is 0 Å². The van der Waals surface area contributed by atoms with E-state index in [4.69, 9.17) is 23.2 Å². The molecule has 92 valence electrons. The number of nitrogens with one attached hydrogen (secondary N) is 2. The minimum atomic E-state index is -0.609. The minimum absolute atomic E-state index is 0.0386. The quantitative estimate of drug-likeness (QED) is 0.649. The molecule has 18 heavy (non-hydrogen) atoms. The Morgan fingerprint density at radius 3 is 2.78 bits per heavy atom. The average molecular weight is 285 g/mol. The summed E-state index contributed by atoms with van der Waals surface area (Å²) in [6.07, 6.45) is 1.43. The summed E-state index contributed by atoms with van der Waals surface area (Å²) >= 11 is 11.2. The van der Waals surface area contributed by atoms with Crippen LogP contribution in [-0.4, -0.2) is 20.9 Å². The number of pyridine rings is 1. The van der Waals surface area contributed by atoms with Crippen LogP contribution in [0.25, 0.3) is 0 Å². The predicted molar refractivity (Wildman–Crippen MR) is 67.1 cm³/mol. The van der Waals surface area contributed by atoms with E-state index in [9.17, 15) is 9.59 Å². The molecule has 0 saturated carbocycles. The first-order valence-electron chi connectivity index (χ1n) is 4.75. The number of H-pyrrole nitrogens is 1. The lowest BCUT2D eigenvalue weighted by molar-refractivity contribution is 0.102. The number of amides is 1. The summed E-state index contributed by atoms with van der Waals surface area (Å²) in [5.74, 6) is -0.490. The topological polar surface area (TPSA) is 87.7 Å². The molecule has 2 aromatic rings. The van der Waals surface area contributed by atoms with Gasteiger partial charge in [0.25, 0.3) is 11.5 Å². The second-order valence-electron chi connectivity index (χ2n) is 3.21. The van der Waals surface area contributed by atoms with E-state index in [-0.39, 0.29) is 21.8 Å². The summed E-state index contributed by atoms with van der Waals surface area (Å²) in [7, 11) is 0. The Morgan fingerprint density at radius 2 is 2.11 bits per heavy atom. The van der Waals surface area contributed by atoms with Crippen LogP contribution in [0, 0.1) is 0 Å². The molecular weight excluding hydrogens is 279 g/mol. The lowest BCUT2D eigenvalue weighted by Crippen LogP contribution is -2.22. The molecule has 0 atom stereocenters. The molecule has 0 saturated heterocycles. The van der Waals surface area contributed by atoms with Crippen molar-refractivity contribution in [3.8, 4) is 0 Å². The zero-order valence-corrected chi connectivity index (χ0v) is 10.3. The fraction of sp³-hybridized carbons (Fsp3) is 0. The maximum Gasteiger partial charge on any atom is 0.262 e. The van der Waals surface area contributed by atoms with Gasteiger partial charge in [-0.2, -0.15) is 0 Å². The third kappa shape index (κ3) is 2.85. The molecule has 0 aliphatic carbocycles. The van der Waals surface area contributed by atoms with Gasteiger partial charge in [0.15, 0.2) is 0 Å². The van der Waals surface area contributed by atoms with Crippen LogP contribution in [0.2, 0.25) is 10.4 Å². The lowest BCUT2D eigenvalue weighted by atomic mass is 10.2. The first-order chi connectivity index (χ1) is 8.56. The van der Waals surface area contributed by atoms with Crippen LogP contribution < -0.4 is 10.9 Å². The predicted octanol–water partition coefficient (Wildman–Crippen LogP) is 1.72. The van der Waals surface area contributed by atoms with Crippen LogP contribution in [0.5, 0.6) is 0 Å². The Labute approximate surface area is 111 Å². The molecule has 0 bridgehead atoms. The van der Waals surface area contributed by atoms with E-state index >= 15 is 0 Å². The molecule has 0 aromatic carbocycles. The standard InChI is InChI=1S/C10H6Cl2N4O2/c11-6-4-7(16-10(12)14-6)15-9(18)5-2-1-3-13-8(5)17/h1-4H,(H,13,17)(H,14,15,16,18). The van der Waals surface area contributed by atoms with Crippen molar-refractivity contribution >= 4 is 34.9 Å². The zero-order valence-electron chi connectivity index (χ0n) is 8.78. The largest absolute Gasteiger partial charge is 0.328 e. The van der Waals surface area contributed by atoms with Gasteiger partial charge >= 0.3 is 0 Å². The van der Waals surface area contributed by atoms with Crippen LogP contribution in [0.1, 0.15) is 10.4 Å². The van der Waals surface area contributed by atoms with Crippen molar-refractivity contribution < 1.29 is 4.79 Å². The zero-order chi connectivity index (χ0) is 13.1. The maximum absolute atomic E-state index is 11.8. The van der Waals surface area contributed by atoms with E-state index in [2.05, 4.69) is 20.3 Å². The first-order valence-corrected chi connectivity index (χ1v) is 5.51. The molecule has 0 radical (unpaired) electrons. The van der Waals surface area contributed by atoms with Gasteiger partial charge in [-0.05, 0) is 23.7 Å².